The number of hydrogen-bond donors (Lipinski definition) is 0. The molecule has 0 unspecified atom stereocenters. The van der Waals surface area contributed by atoms with E-state index in [1.807, 2.05) is 0 Å². The molecule has 0 N–H and O–H groups in total. The molecule has 4 aromatic rings. The second-order valence-electron chi connectivity index (χ2n) is 4.36. The summed E-state index contributed by atoms with van der Waals surface area (Å²) in [5.74, 6) is 0. The van der Waals surface area contributed by atoms with Gasteiger partial charge in [-0.1, -0.05) is 23.2 Å². The SMILES string of the molecule is [O-][n+]1c2ccc3nonc3c2nn1-c1cc(Cl)cc(Cl)c1. The predicted octanol–water partition coefficient (Wildman–Crippen LogP) is 2.50. The maximum absolute atomic E-state index is 12.4. The molecule has 0 fully saturated rings. The van der Waals surface area contributed by atoms with Gasteiger partial charge in [-0.2, -0.15) is 0 Å². The number of rotatable bonds is 1. The smallest absolute Gasteiger partial charge is 0.281 e. The first-order chi connectivity index (χ1) is 10.1. The number of nitrogens with zero attached hydrogens (tertiary/aromatic N) is 5. The lowest BCUT2D eigenvalue weighted by atomic mass is 10.3. The number of aromatic nitrogens is 5. The Hall–Kier alpha value is -2.38. The summed E-state index contributed by atoms with van der Waals surface area (Å²) in [5, 5.41) is 24.9. The number of benzene rings is 2. The van der Waals surface area contributed by atoms with Gasteiger partial charge in [-0.25, -0.2) is 4.63 Å². The summed E-state index contributed by atoms with van der Waals surface area (Å²) < 4.78 is 4.66. The van der Waals surface area contributed by atoms with Gasteiger partial charge in [-0.3, -0.25) is 0 Å². The van der Waals surface area contributed by atoms with Gasteiger partial charge in [0, 0.05) is 10.0 Å². The molecule has 0 spiro atoms. The average Bonchev–Trinajstić information content (AvgIpc) is 3.02. The van der Waals surface area contributed by atoms with Gasteiger partial charge in [0.1, 0.15) is 11.2 Å². The minimum absolute atomic E-state index is 0.342. The zero-order chi connectivity index (χ0) is 14.6. The Balaban J connectivity index is 2.07. The summed E-state index contributed by atoms with van der Waals surface area (Å²) in [5.41, 5.74) is 2.12. The summed E-state index contributed by atoms with van der Waals surface area (Å²) in [6.07, 6.45) is 0. The minimum atomic E-state index is 0.342. The molecule has 0 atom stereocenters. The Morgan fingerprint density at radius 1 is 1.05 bits per heavy atom. The molecule has 2 heterocycles. The first-order valence-corrected chi connectivity index (χ1v) is 6.59. The fourth-order valence-corrected chi connectivity index (χ4v) is 2.65. The minimum Gasteiger partial charge on any atom is -0.692 e. The Morgan fingerprint density at radius 3 is 2.57 bits per heavy atom. The second-order valence-corrected chi connectivity index (χ2v) is 5.23. The summed E-state index contributed by atoms with van der Waals surface area (Å²) in [7, 11) is 0. The quantitative estimate of drug-likeness (QED) is 0.397. The molecule has 0 bridgehead atoms. The molecule has 0 saturated heterocycles. The third-order valence-electron chi connectivity index (χ3n) is 3.03. The van der Waals surface area contributed by atoms with Gasteiger partial charge >= 0.3 is 0 Å². The third-order valence-corrected chi connectivity index (χ3v) is 3.47. The van der Waals surface area contributed by atoms with Gasteiger partial charge in [-0.15, -0.1) is 4.85 Å². The van der Waals surface area contributed by atoms with Crippen molar-refractivity contribution in [1.29, 1.82) is 0 Å². The average molecular weight is 322 g/mol. The Labute approximate surface area is 126 Å². The van der Waals surface area contributed by atoms with E-state index in [9.17, 15) is 5.21 Å². The third kappa shape index (κ3) is 1.82. The Morgan fingerprint density at radius 2 is 1.81 bits per heavy atom. The van der Waals surface area contributed by atoms with Gasteiger partial charge in [-0.05, 0) is 45.4 Å². The topological polar surface area (TPSA) is 83.7 Å². The molecule has 21 heavy (non-hydrogen) atoms. The Bertz CT molecular complexity index is 974. The highest BCUT2D eigenvalue weighted by molar-refractivity contribution is 6.34. The highest BCUT2D eigenvalue weighted by Gasteiger charge is 2.21. The van der Waals surface area contributed by atoms with Gasteiger partial charge in [0.15, 0.2) is 5.52 Å². The summed E-state index contributed by atoms with van der Waals surface area (Å²) in [6.45, 7) is 0. The van der Waals surface area contributed by atoms with Crippen LogP contribution in [-0.4, -0.2) is 20.2 Å². The molecule has 2 aromatic carbocycles. The van der Waals surface area contributed by atoms with Crippen molar-refractivity contribution in [3.8, 4) is 5.69 Å². The van der Waals surface area contributed by atoms with Gasteiger partial charge < -0.3 is 5.21 Å². The van der Waals surface area contributed by atoms with E-state index in [-0.39, 0.29) is 0 Å². The van der Waals surface area contributed by atoms with Gasteiger partial charge in [0.2, 0.25) is 5.52 Å². The monoisotopic (exact) mass is 321 g/mol. The van der Waals surface area contributed by atoms with Crippen LogP contribution in [-0.2, 0) is 0 Å². The second kappa shape index (κ2) is 4.31. The van der Waals surface area contributed by atoms with Gasteiger partial charge in [0.05, 0.1) is 5.10 Å². The fraction of sp³-hybridized carbons (Fsp3) is 0. The van der Waals surface area contributed by atoms with Crippen molar-refractivity contribution in [3.63, 3.8) is 0 Å². The van der Waals surface area contributed by atoms with Crippen molar-refractivity contribution in [1.82, 2.24) is 20.2 Å². The maximum Gasteiger partial charge on any atom is 0.281 e. The fourth-order valence-electron chi connectivity index (χ4n) is 2.13. The van der Waals surface area contributed by atoms with E-state index >= 15 is 0 Å². The van der Waals surface area contributed by atoms with Crippen LogP contribution in [0.2, 0.25) is 10.0 Å². The van der Waals surface area contributed by atoms with E-state index in [1.54, 1.807) is 30.3 Å². The molecule has 0 radical (unpaired) electrons. The first-order valence-electron chi connectivity index (χ1n) is 5.84. The van der Waals surface area contributed by atoms with Gasteiger partial charge in [0.25, 0.3) is 5.52 Å². The summed E-state index contributed by atoms with van der Waals surface area (Å²) in [4.78, 5) is 1.78. The normalized spacial score (nSPS) is 11.5. The standard InChI is InChI=1S/C12H5Cl2N5O2/c13-6-3-7(14)5-8(4-6)18-15-12-10(19(18)20)2-1-9-11(12)17-21-16-9/h1-5H. The molecule has 0 saturated carbocycles. The molecule has 104 valence electrons. The van der Waals surface area contributed by atoms with Crippen LogP contribution in [0.4, 0.5) is 0 Å². The lowest BCUT2D eigenvalue weighted by Gasteiger charge is -2.04. The van der Waals surface area contributed by atoms with Crippen LogP contribution in [0.25, 0.3) is 27.8 Å². The zero-order valence-corrected chi connectivity index (χ0v) is 11.7. The highest BCUT2D eigenvalue weighted by atomic mass is 35.5. The molecule has 0 aliphatic rings. The largest absolute Gasteiger partial charge is 0.692 e. The zero-order valence-electron chi connectivity index (χ0n) is 10.2. The number of halogens is 2. The first kappa shape index (κ1) is 12.4. The highest BCUT2D eigenvalue weighted by Crippen LogP contribution is 2.23. The van der Waals surface area contributed by atoms with Crippen molar-refractivity contribution in [3.05, 3.63) is 45.6 Å². The number of hydrogen-bond acceptors (Lipinski definition) is 5. The van der Waals surface area contributed by atoms with Crippen LogP contribution in [0.15, 0.2) is 35.0 Å². The van der Waals surface area contributed by atoms with E-state index in [2.05, 4.69) is 20.0 Å². The van der Waals surface area contributed by atoms with E-state index in [1.165, 1.54) is 0 Å². The molecule has 2 aromatic heterocycles. The lowest BCUT2D eigenvalue weighted by molar-refractivity contribution is -0.664. The molecule has 0 aliphatic heterocycles. The Kier molecular flexibility index (Phi) is 2.54. The molecule has 9 heteroatoms. The molecule has 7 nitrogen and oxygen atoms in total. The van der Waals surface area contributed by atoms with E-state index < -0.39 is 0 Å². The molecule has 0 aliphatic carbocycles. The van der Waals surface area contributed by atoms with Crippen LogP contribution in [0.3, 0.4) is 0 Å². The molecule has 4 rings (SSSR count). The van der Waals surface area contributed by atoms with Crippen molar-refractivity contribution in [2.75, 3.05) is 0 Å². The van der Waals surface area contributed by atoms with Crippen LogP contribution in [0, 0.1) is 5.21 Å². The van der Waals surface area contributed by atoms with Crippen LogP contribution < -0.4 is 4.85 Å². The van der Waals surface area contributed by atoms with E-state index in [0.717, 1.165) is 4.80 Å². The predicted molar refractivity (Wildman–Crippen MR) is 75.4 cm³/mol. The van der Waals surface area contributed by atoms with Crippen molar-refractivity contribution < 1.29 is 9.47 Å². The van der Waals surface area contributed by atoms with Crippen molar-refractivity contribution in [2.45, 2.75) is 0 Å². The lowest BCUT2D eigenvalue weighted by Crippen LogP contribution is -2.37. The summed E-state index contributed by atoms with van der Waals surface area (Å²) >= 11 is 11.9. The van der Waals surface area contributed by atoms with E-state index in [0.29, 0.717) is 42.6 Å². The van der Waals surface area contributed by atoms with Crippen LogP contribution >= 0.6 is 23.2 Å². The molecular weight excluding hydrogens is 317 g/mol. The van der Waals surface area contributed by atoms with Crippen LogP contribution in [0.5, 0.6) is 0 Å². The van der Waals surface area contributed by atoms with Crippen molar-refractivity contribution in [2.24, 2.45) is 0 Å². The van der Waals surface area contributed by atoms with Crippen LogP contribution in [0.1, 0.15) is 0 Å². The molecule has 0 amide bonds. The van der Waals surface area contributed by atoms with Crippen molar-refractivity contribution >= 4 is 45.3 Å². The summed E-state index contributed by atoms with van der Waals surface area (Å²) in [6, 6.07) is 7.99. The molecular formula is C12H5Cl2N5O2. The number of fused-ring (bicyclic) bond motifs is 3. The van der Waals surface area contributed by atoms with E-state index in [4.69, 9.17) is 23.2 Å². The maximum atomic E-state index is 12.4.